The highest BCUT2D eigenvalue weighted by molar-refractivity contribution is 7.92. The van der Waals surface area contributed by atoms with Crippen molar-refractivity contribution in [3.05, 3.63) is 23.3 Å². The van der Waals surface area contributed by atoms with Crippen molar-refractivity contribution in [3.8, 4) is 5.75 Å². The summed E-state index contributed by atoms with van der Waals surface area (Å²) in [5.74, 6) is -0.805. The fraction of sp³-hybridized carbons (Fsp3) is 0.333. The molecule has 1 amide bonds. The van der Waals surface area contributed by atoms with Gasteiger partial charge in [0.25, 0.3) is 5.91 Å². The van der Waals surface area contributed by atoms with Crippen molar-refractivity contribution in [2.75, 3.05) is 6.61 Å². The maximum atomic E-state index is 12.2. The Morgan fingerprint density at radius 3 is 2.65 bits per heavy atom. The minimum atomic E-state index is -3.51. The molecule has 4 N–H and O–H groups in total. The number of benzene rings is 1. The van der Waals surface area contributed by atoms with Gasteiger partial charge in [-0.05, 0) is 31.5 Å². The number of rotatable bonds is 1. The lowest BCUT2D eigenvalue weighted by Gasteiger charge is -2.23. The molecule has 0 aliphatic carbocycles. The van der Waals surface area contributed by atoms with Crippen LogP contribution in [0.4, 0.5) is 0 Å². The highest BCUT2D eigenvalue weighted by Gasteiger charge is 2.33. The minimum Gasteiger partial charge on any atom is -0.491 e. The van der Waals surface area contributed by atoms with Gasteiger partial charge in [-0.15, -0.1) is 0 Å². The molecule has 1 aromatic carbocycles. The Kier molecular flexibility index (Phi) is 3.43. The van der Waals surface area contributed by atoms with Gasteiger partial charge >= 0.3 is 0 Å². The van der Waals surface area contributed by atoms with Crippen LogP contribution in [0.3, 0.4) is 0 Å². The lowest BCUT2D eigenvalue weighted by molar-refractivity contribution is 0.100. The predicted octanol–water partition coefficient (Wildman–Crippen LogP) is -0.0368. The van der Waals surface area contributed by atoms with E-state index in [0.717, 1.165) is 0 Å². The summed E-state index contributed by atoms with van der Waals surface area (Å²) in [4.78, 5) is 15.3. The van der Waals surface area contributed by atoms with E-state index in [1.807, 2.05) is 0 Å². The number of hydrogen-bond donors (Lipinski definition) is 2. The van der Waals surface area contributed by atoms with Crippen LogP contribution in [-0.2, 0) is 9.84 Å². The van der Waals surface area contributed by atoms with E-state index < -0.39 is 21.0 Å². The quantitative estimate of drug-likeness (QED) is 0.553. The number of aliphatic imine (C=N–C) groups is 1. The van der Waals surface area contributed by atoms with E-state index in [1.54, 1.807) is 13.8 Å². The number of nitrogens with zero attached hydrogens (tertiary/aromatic N) is 1. The standard InChI is InChI=1S/C12H15N3O4S/c1-6-3-9-10(20(17,18)7(2)5-19-9)4-8(6)11(16)15-12(13)14/h3-4,7H,5H2,1-2H3,(H4,13,14,15,16). The number of fused-ring (bicyclic) bond motifs is 1. The van der Waals surface area contributed by atoms with Crippen LogP contribution in [0.1, 0.15) is 22.8 Å². The first-order valence-corrected chi connectivity index (χ1v) is 7.43. The van der Waals surface area contributed by atoms with Gasteiger partial charge in [-0.2, -0.15) is 4.99 Å². The van der Waals surface area contributed by atoms with E-state index in [2.05, 4.69) is 4.99 Å². The molecular weight excluding hydrogens is 282 g/mol. The third-order valence-corrected chi connectivity index (χ3v) is 5.19. The monoisotopic (exact) mass is 297 g/mol. The van der Waals surface area contributed by atoms with Crippen LogP contribution in [0, 0.1) is 6.92 Å². The molecule has 0 radical (unpaired) electrons. The Balaban J connectivity index is 2.62. The molecule has 0 fully saturated rings. The van der Waals surface area contributed by atoms with Crippen molar-refractivity contribution >= 4 is 21.7 Å². The maximum Gasteiger partial charge on any atom is 0.280 e. The topological polar surface area (TPSA) is 125 Å². The normalized spacial score (nSPS) is 19.6. The Bertz CT molecular complexity index is 706. The Morgan fingerprint density at radius 2 is 2.05 bits per heavy atom. The number of amides is 1. The number of hydrogen-bond acceptors (Lipinski definition) is 4. The van der Waals surface area contributed by atoms with Crippen molar-refractivity contribution in [1.29, 1.82) is 0 Å². The molecule has 7 nitrogen and oxygen atoms in total. The fourth-order valence-corrected chi connectivity index (χ4v) is 3.28. The molecule has 20 heavy (non-hydrogen) atoms. The van der Waals surface area contributed by atoms with Crippen LogP contribution in [0.15, 0.2) is 22.0 Å². The van der Waals surface area contributed by atoms with E-state index >= 15 is 0 Å². The lowest BCUT2D eigenvalue weighted by atomic mass is 10.1. The summed E-state index contributed by atoms with van der Waals surface area (Å²) >= 11 is 0. The van der Waals surface area contributed by atoms with Crippen molar-refractivity contribution in [2.45, 2.75) is 24.0 Å². The average molecular weight is 297 g/mol. The predicted molar refractivity (Wildman–Crippen MR) is 73.5 cm³/mol. The molecule has 2 rings (SSSR count). The molecule has 0 saturated carbocycles. The highest BCUT2D eigenvalue weighted by atomic mass is 32.2. The van der Waals surface area contributed by atoms with Crippen LogP contribution in [0.5, 0.6) is 5.75 Å². The van der Waals surface area contributed by atoms with Crippen LogP contribution in [-0.4, -0.2) is 32.1 Å². The third-order valence-electron chi connectivity index (χ3n) is 3.06. The summed E-state index contributed by atoms with van der Waals surface area (Å²) in [5.41, 5.74) is 11.0. The van der Waals surface area contributed by atoms with Crippen LogP contribution >= 0.6 is 0 Å². The first-order valence-electron chi connectivity index (χ1n) is 5.88. The highest BCUT2D eigenvalue weighted by Crippen LogP contribution is 2.34. The number of carbonyl (C=O) groups is 1. The number of sulfone groups is 1. The smallest absolute Gasteiger partial charge is 0.280 e. The molecule has 0 bridgehead atoms. The van der Waals surface area contributed by atoms with Gasteiger partial charge in [-0.1, -0.05) is 0 Å². The number of nitrogens with two attached hydrogens (primary N) is 2. The SMILES string of the molecule is Cc1cc2c(cc1C(=O)N=C(N)N)S(=O)(=O)C(C)CO2. The molecule has 1 heterocycles. The van der Waals surface area contributed by atoms with Crippen molar-refractivity contribution in [2.24, 2.45) is 16.5 Å². The molecule has 0 spiro atoms. The van der Waals surface area contributed by atoms with Gasteiger partial charge in [0.2, 0.25) is 0 Å². The lowest BCUT2D eigenvalue weighted by Crippen LogP contribution is -2.30. The molecule has 108 valence electrons. The van der Waals surface area contributed by atoms with Gasteiger partial charge < -0.3 is 16.2 Å². The largest absolute Gasteiger partial charge is 0.491 e. The Morgan fingerprint density at radius 1 is 1.40 bits per heavy atom. The van der Waals surface area contributed by atoms with E-state index in [4.69, 9.17) is 16.2 Å². The average Bonchev–Trinajstić information content (AvgIpc) is 2.32. The third kappa shape index (κ3) is 2.34. The Labute approximate surface area is 116 Å². The number of aryl methyl sites for hydroxylation is 1. The summed E-state index contributed by atoms with van der Waals surface area (Å²) in [6.45, 7) is 3.30. The molecule has 1 aromatic rings. The van der Waals surface area contributed by atoms with Gasteiger partial charge in [0.15, 0.2) is 15.8 Å². The molecule has 0 saturated heterocycles. The summed E-state index contributed by atoms with van der Waals surface area (Å²) in [6, 6.07) is 2.78. The summed E-state index contributed by atoms with van der Waals surface area (Å²) in [5, 5.41) is -0.663. The first-order chi connectivity index (χ1) is 9.23. The second-order valence-electron chi connectivity index (χ2n) is 4.62. The van der Waals surface area contributed by atoms with E-state index in [-0.39, 0.29) is 28.8 Å². The van der Waals surface area contributed by atoms with Crippen LogP contribution < -0.4 is 16.2 Å². The number of ether oxygens (including phenoxy) is 1. The van der Waals surface area contributed by atoms with Gasteiger partial charge in [0, 0.05) is 5.56 Å². The zero-order chi connectivity index (χ0) is 15.1. The van der Waals surface area contributed by atoms with Crippen molar-refractivity contribution in [3.63, 3.8) is 0 Å². The summed E-state index contributed by atoms with van der Waals surface area (Å²) in [6.07, 6.45) is 0. The zero-order valence-corrected chi connectivity index (χ0v) is 11.9. The van der Waals surface area contributed by atoms with Crippen LogP contribution in [0.2, 0.25) is 0 Å². The van der Waals surface area contributed by atoms with Gasteiger partial charge in [0.05, 0.1) is 5.25 Å². The molecule has 1 unspecified atom stereocenters. The molecule has 1 aliphatic rings. The fourth-order valence-electron chi connectivity index (χ4n) is 1.92. The van der Waals surface area contributed by atoms with E-state index in [9.17, 15) is 13.2 Å². The Hall–Kier alpha value is -2.09. The maximum absolute atomic E-state index is 12.2. The zero-order valence-electron chi connectivity index (χ0n) is 11.1. The van der Waals surface area contributed by atoms with Crippen molar-refractivity contribution in [1.82, 2.24) is 0 Å². The summed E-state index contributed by atoms with van der Waals surface area (Å²) < 4.78 is 29.9. The minimum absolute atomic E-state index is 0.00371. The summed E-state index contributed by atoms with van der Waals surface area (Å²) in [7, 11) is -3.51. The second kappa shape index (κ2) is 4.78. The second-order valence-corrected chi connectivity index (χ2v) is 6.96. The molecule has 1 aliphatic heterocycles. The van der Waals surface area contributed by atoms with Gasteiger partial charge in [0.1, 0.15) is 17.3 Å². The molecule has 8 heteroatoms. The van der Waals surface area contributed by atoms with Gasteiger partial charge in [-0.3, -0.25) is 4.79 Å². The molecule has 0 aromatic heterocycles. The molecule has 1 atom stereocenters. The first kappa shape index (κ1) is 14.3. The van der Waals surface area contributed by atoms with Gasteiger partial charge in [-0.25, -0.2) is 8.42 Å². The van der Waals surface area contributed by atoms with Crippen LogP contribution in [0.25, 0.3) is 0 Å². The van der Waals surface area contributed by atoms with E-state index in [1.165, 1.54) is 12.1 Å². The number of guanidine groups is 1. The molecular formula is C12H15N3O4S. The van der Waals surface area contributed by atoms with Crippen molar-refractivity contribution < 1.29 is 17.9 Å². The number of carbonyl (C=O) groups excluding carboxylic acids is 1. The van der Waals surface area contributed by atoms with E-state index in [0.29, 0.717) is 5.56 Å².